The fraction of sp³-hybridized carbons (Fsp3) is 0.368. The topological polar surface area (TPSA) is 21.7 Å². The van der Waals surface area contributed by atoms with E-state index in [1.165, 1.54) is 10.5 Å². The number of hydrogen-bond acceptors (Lipinski definition) is 4. The van der Waals surface area contributed by atoms with Crippen molar-refractivity contribution >= 4 is 11.8 Å². The minimum Gasteiger partial charge on any atom is -0.493 e. The lowest BCUT2D eigenvalue weighted by molar-refractivity contribution is 0.311. The van der Waals surface area contributed by atoms with Crippen molar-refractivity contribution in [3.63, 3.8) is 0 Å². The average molecular weight is 331 g/mol. The van der Waals surface area contributed by atoms with Crippen LogP contribution in [0.5, 0.6) is 11.5 Å². The largest absolute Gasteiger partial charge is 0.493 e. The van der Waals surface area contributed by atoms with Crippen molar-refractivity contribution in [2.45, 2.75) is 29.2 Å². The van der Waals surface area contributed by atoms with Gasteiger partial charge in [-0.15, -0.1) is 0 Å². The van der Waals surface area contributed by atoms with Gasteiger partial charge in [0.2, 0.25) is 0 Å². The Bertz CT molecular complexity index is 643. The summed E-state index contributed by atoms with van der Waals surface area (Å²) in [5, 5.41) is 0. The van der Waals surface area contributed by atoms with E-state index in [1.54, 1.807) is 26.0 Å². The number of methoxy groups -OCH3 is 2. The van der Waals surface area contributed by atoms with E-state index in [0.717, 1.165) is 22.8 Å². The van der Waals surface area contributed by atoms with Crippen molar-refractivity contribution in [2.24, 2.45) is 0 Å². The quantitative estimate of drug-likeness (QED) is 0.752. The first-order chi connectivity index (χ1) is 11.0. The molecule has 0 fully saturated rings. The second kappa shape index (κ2) is 8.27. The first-order valence-corrected chi connectivity index (χ1v) is 8.51. The number of likely N-dealkylation sites (N-methyl/N-ethyl adjacent to an activating group) is 1. The number of hydrogen-bond donors (Lipinski definition) is 0. The van der Waals surface area contributed by atoms with Crippen LogP contribution >= 0.6 is 11.8 Å². The highest BCUT2D eigenvalue weighted by molar-refractivity contribution is 7.99. The van der Waals surface area contributed by atoms with Gasteiger partial charge in [-0.3, -0.25) is 0 Å². The van der Waals surface area contributed by atoms with E-state index >= 15 is 0 Å². The van der Waals surface area contributed by atoms with Crippen molar-refractivity contribution in [1.29, 1.82) is 0 Å². The van der Waals surface area contributed by atoms with Gasteiger partial charge < -0.3 is 14.4 Å². The molecular weight excluding hydrogens is 306 g/mol. The Morgan fingerprint density at radius 2 is 1.70 bits per heavy atom. The first-order valence-electron chi connectivity index (χ1n) is 7.69. The summed E-state index contributed by atoms with van der Waals surface area (Å²) in [6.07, 6.45) is 1.03. The smallest absolute Gasteiger partial charge is 0.161 e. The van der Waals surface area contributed by atoms with Gasteiger partial charge in [0, 0.05) is 15.8 Å². The molecule has 0 bridgehead atoms. The molecule has 2 rings (SSSR count). The standard InChI is InChI=1S/C19H25NO2S/c1-14(20(2)3)12-15-8-6-7-9-19(15)23-16-10-11-17(21-4)18(13-16)22-5/h6-11,13-14H,12H2,1-5H3. The summed E-state index contributed by atoms with van der Waals surface area (Å²) in [4.78, 5) is 4.68. The van der Waals surface area contributed by atoms with E-state index < -0.39 is 0 Å². The maximum absolute atomic E-state index is 5.40. The molecule has 0 spiro atoms. The first kappa shape index (κ1) is 17.7. The van der Waals surface area contributed by atoms with Crippen LogP contribution in [0.25, 0.3) is 0 Å². The molecule has 2 aromatic carbocycles. The molecule has 0 radical (unpaired) electrons. The molecule has 23 heavy (non-hydrogen) atoms. The minimum atomic E-state index is 0.502. The Kier molecular flexibility index (Phi) is 6.37. The zero-order valence-corrected chi connectivity index (χ0v) is 15.3. The SMILES string of the molecule is COc1ccc(Sc2ccccc2CC(C)N(C)C)cc1OC. The summed E-state index contributed by atoms with van der Waals surface area (Å²) in [5.41, 5.74) is 1.37. The molecule has 124 valence electrons. The van der Waals surface area contributed by atoms with Crippen molar-refractivity contribution in [3.8, 4) is 11.5 Å². The van der Waals surface area contributed by atoms with Gasteiger partial charge in [0.1, 0.15) is 0 Å². The van der Waals surface area contributed by atoms with Gasteiger partial charge in [-0.05, 0) is 57.3 Å². The monoisotopic (exact) mass is 331 g/mol. The van der Waals surface area contributed by atoms with Crippen LogP contribution in [0.2, 0.25) is 0 Å². The molecule has 0 aliphatic rings. The van der Waals surface area contributed by atoms with Crippen LogP contribution in [0.3, 0.4) is 0 Å². The van der Waals surface area contributed by atoms with E-state index in [9.17, 15) is 0 Å². The van der Waals surface area contributed by atoms with Gasteiger partial charge in [-0.25, -0.2) is 0 Å². The lowest BCUT2D eigenvalue weighted by Crippen LogP contribution is -2.26. The molecule has 0 amide bonds. The number of rotatable bonds is 7. The van der Waals surface area contributed by atoms with Gasteiger partial charge in [0.05, 0.1) is 14.2 Å². The fourth-order valence-corrected chi connectivity index (χ4v) is 3.26. The summed E-state index contributed by atoms with van der Waals surface area (Å²) in [6, 6.07) is 15.1. The van der Waals surface area contributed by atoms with Crippen LogP contribution < -0.4 is 9.47 Å². The summed E-state index contributed by atoms with van der Waals surface area (Å²) >= 11 is 1.76. The molecule has 1 unspecified atom stereocenters. The van der Waals surface area contributed by atoms with Gasteiger partial charge >= 0.3 is 0 Å². The normalized spacial score (nSPS) is 12.3. The second-order valence-electron chi connectivity index (χ2n) is 5.74. The summed E-state index contributed by atoms with van der Waals surface area (Å²) < 4.78 is 10.7. The minimum absolute atomic E-state index is 0.502. The van der Waals surface area contributed by atoms with E-state index in [0.29, 0.717) is 6.04 Å². The Morgan fingerprint density at radius 1 is 1.00 bits per heavy atom. The lowest BCUT2D eigenvalue weighted by atomic mass is 10.1. The van der Waals surface area contributed by atoms with Gasteiger partial charge in [-0.2, -0.15) is 0 Å². The highest BCUT2D eigenvalue weighted by Crippen LogP contribution is 2.36. The molecule has 0 saturated heterocycles. The molecule has 0 aliphatic carbocycles. The summed E-state index contributed by atoms with van der Waals surface area (Å²) in [5.74, 6) is 1.52. The highest BCUT2D eigenvalue weighted by atomic mass is 32.2. The van der Waals surface area contributed by atoms with Gasteiger partial charge in [0.25, 0.3) is 0 Å². The molecule has 0 heterocycles. The molecule has 0 saturated carbocycles. The number of ether oxygens (including phenoxy) is 2. The van der Waals surface area contributed by atoms with Gasteiger partial charge in [-0.1, -0.05) is 30.0 Å². The maximum atomic E-state index is 5.40. The molecular formula is C19H25NO2S. The fourth-order valence-electron chi connectivity index (χ4n) is 2.28. The number of nitrogens with zero attached hydrogens (tertiary/aromatic N) is 1. The van der Waals surface area contributed by atoms with Crippen molar-refractivity contribution in [2.75, 3.05) is 28.3 Å². The van der Waals surface area contributed by atoms with E-state index in [1.807, 2.05) is 12.1 Å². The molecule has 2 aromatic rings. The van der Waals surface area contributed by atoms with Crippen molar-refractivity contribution in [3.05, 3.63) is 48.0 Å². The molecule has 0 aromatic heterocycles. The van der Waals surface area contributed by atoms with Crippen LogP contribution in [0, 0.1) is 0 Å². The van der Waals surface area contributed by atoms with Crippen LogP contribution in [-0.2, 0) is 6.42 Å². The Labute approximate surface area is 143 Å². The van der Waals surface area contributed by atoms with Crippen molar-refractivity contribution in [1.82, 2.24) is 4.90 Å². The molecule has 0 aliphatic heterocycles. The van der Waals surface area contributed by atoms with Crippen LogP contribution in [-0.4, -0.2) is 39.3 Å². The second-order valence-corrected chi connectivity index (χ2v) is 6.86. The van der Waals surface area contributed by atoms with E-state index in [2.05, 4.69) is 56.3 Å². The molecule has 4 heteroatoms. The molecule has 3 nitrogen and oxygen atoms in total. The van der Waals surface area contributed by atoms with Crippen LogP contribution in [0.15, 0.2) is 52.3 Å². The number of benzene rings is 2. The third-order valence-electron chi connectivity index (χ3n) is 3.95. The molecule has 1 atom stereocenters. The molecule has 0 N–H and O–H groups in total. The summed E-state index contributed by atoms with van der Waals surface area (Å²) in [7, 11) is 7.56. The summed E-state index contributed by atoms with van der Waals surface area (Å²) in [6.45, 7) is 2.25. The van der Waals surface area contributed by atoms with E-state index in [-0.39, 0.29) is 0 Å². The lowest BCUT2D eigenvalue weighted by Gasteiger charge is -2.21. The zero-order chi connectivity index (χ0) is 16.8. The third-order valence-corrected chi connectivity index (χ3v) is 5.06. The van der Waals surface area contributed by atoms with Crippen LogP contribution in [0.1, 0.15) is 12.5 Å². The third kappa shape index (κ3) is 4.66. The highest BCUT2D eigenvalue weighted by Gasteiger charge is 2.11. The van der Waals surface area contributed by atoms with Crippen LogP contribution in [0.4, 0.5) is 0 Å². The Balaban J connectivity index is 2.23. The maximum Gasteiger partial charge on any atom is 0.161 e. The predicted octanol–water partition coefficient (Wildman–Crippen LogP) is 4.35. The van der Waals surface area contributed by atoms with Gasteiger partial charge in [0.15, 0.2) is 11.5 Å². The zero-order valence-electron chi connectivity index (χ0n) is 14.5. The average Bonchev–Trinajstić information content (AvgIpc) is 2.56. The Hall–Kier alpha value is -1.65. The predicted molar refractivity (Wildman–Crippen MR) is 97.0 cm³/mol. The Morgan fingerprint density at radius 3 is 2.35 bits per heavy atom. The van der Waals surface area contributed by atoms with E-state index in [4.69, 9.17) is 9.47 Å². The van der Waals surface area contributed by atoms with Crippen molar-refractivity contribution < 1.29 is 9.47 Å².